The third-order valence-corrected chi connectivity index (χ3v) is 4.36. The lowest BCUT2D eigenvalue weighted by atomic mass is 10.4. The second kappa shape index (κ2) is 6.14. The maximum absolute atomic E-state index is 11.5. The minimum Gasteiger partial charge on any atom is -0.320 e. The van der Waals surface area contributed by atoms with Crippen molar-refractivity contribution in [1.29, 1.82) is 0 Å². The van der Waals surface area contributed by atoms with Crippen LogP contribution in [0.15, 0.2) is 12.1 Å². The van der Waals surface area contributed by atoms with Gasteiger partial charge in [0, 0.05) is 25.5 Å². The summed E-state index contributed by atoms with van der Waals surface area (Å²) in [6, 6.07) is 3.70. The van der Waals surface area contributed by atoms with E-state index in [2.05, 4.69) is 16.6 Å². The average Bonchev–Trinajstić information content (AvgIpc) is 2.71. The molecular weight excluding hydrogens is 258 g/mol. The van der Waals surface area contributed by atoms with Crippen molar-refractivity contribution in [2.45, 2.75) is 6.54 Å². The summed E-state index contributed by atoms with van der Waals surface area (Å²) in [5.74, 6) is 5.65. The molecule has 1 aromatic rings. The molecule has 3 N–H and O–H groups in total. The van der Waals surface area contributed by atoms with Crippen LogP contribution in [0, 0.1) is 11.8 Å². The molecule has 5 nitrogen and oxygen atoms in total. The Morgan fingerprint density at radius 1 is 1.47 bits per heavy atom. The van der Waals surface area contributed by atoms with E-state index in [-0.39, 0.29) is 6.54 Å². The predicted molar refractivity (Wildman–Crippen MR) is 69.7 cm³/mol. The van der Waals surface area contributed by atoms with Gasteiger partial charge >= 0.3 is 0 Å². The van der Waals surface area contributed by atoms with E-state index in [9.17, 15) is 8.42 Å². The highest BCUT2D eigenvalue weighted by atomic mass is 32.2. The maximum atomic E-state index is 11.5. The van der Waals surface area contributed by atoms with Crippen LogP contribution in [-0.2, 0) is 16.8 Å². The quantitative estimate of drug-likeness (QED) is 0.756. The zero-order valence-electron chi connectivity index (χ0n) is 9.73. The van der Waals surface area contributed by atoms with E-state index in [0.717, 1.165) is 14.1 Å². The van der Waals surface area contributed by atoms with E-state index < -0.39 is 10.2 Å². The van der Waals surface area contributed by atoms with Crippen molar-refractivity contribution >= 4 is 21.5 Å². The first-order chi connectivity index (χ1) is 7.95. The normalized spacial score (nSPS) is 11.3. The number of nitrogens with one attached hydrogen (secondary N) is 1. The lowest BCUT2D eigenvalue weighted by molar-refractivity contribution is 0.505. The van der Waals surface area contributed by atoms with Crippen LogP contribution < -0.4 is 10.5 Å². The van der Waals surface area contributed by atoms with Crippen LogP contribution in [0.4, 0.5) is 0 Å². The molecule has 94 valence electrons. The first-order valence-electron chi connectivity index (χ1n) is 4.90. The second-order valence-electron chi connectivity index (χ2n) is 3.38. The Labute approximate surface area is 106 Å². The minimum atomic E-state index is -3.37. The molecule has 0 unspecified atom stereocenters. The van der Waals surface area contributed by atoms with E-state index in [0.29, 0.717) is 6.54 Å². The van der Waals surface area contributed by atoms with Gasteiger partial charge in [-0.1, -0.05) is 11.8 Å². The number of nitrogens with zero attached hydrogens (tertiary/aromatic N) is 1. The molecule has 0 aromatic carbocycles. The molecule has 0 radical (unpaired) electrons. The lowest BCUT2D eigenvalue weighted by Crippen LogP contribution is -2.34. The van der Waals surface area contributed by atoms with Gasteiger partial charge < -0.3 is 5.73 Å². The van der Waals surface area contributed by atoms with E-state index >= 15 is 0 Å². The number of hydrogen-bond donors (Lipinski definition) is 2. The van der Waals surface area contributed by atoms with Crippen molar-refractivity contribution < 1.29 is 8.42 Å². The summed E-state index contributed by atoms with van der Waals surface area (Å²) in [6.07, 6.45) is 0. The molecule has 0 aliphatic carbocycles. The zero-order valence-corrected chi connectivity index (χ0v) is 11.4. The second-order valence-corrected chi connectivity index (χ2v) is 6.52. The highest BCUT2D eigenvalue weighted by Gasteiger charge is 2.12. The van der Waals surface area contributed by atoms with Crippen LogP contribution in [0.2, 0.25) is 0 Å². The number of thiophene rings is 1. The third-order valence-electron chi connectivity index (χ3n) is 1.88. The van der Waals surface area contributed by atoms with Crippen molar-refractivity contribution in [1.82, 2.24) is 9.03 Å². The third kappa shape index (κ3) is 4.46. The molecule has 1 heterocycles. The van der Waals surface area contributed by atoms with Gasteiger partial charge in [-0.15, -0.1) is 11.3 Å². The van der Waals surface area contributed by atoms with Crippen LogP contribution in [0.3, 0.4) is 0 Å². The number of hydrogen-bond acceptors (Lipinski definition) is 4. The monoisotopic (exact) mass is 273 g/mol. The molecule has 0 spiro atoms. The Morgan fingerprint density at radius 2 is 2.18 bits per heavy atom. The van der Waals surface area contributed by atoms with E-state index in [1.54, 1.807) is 0 Å². The molecule has 17 heavy (non-hydrogen) atoms. The van der Waals surface area contributed by atoms with Gasteiger partial charge in [0.2, 0.25) is 0 Å². The van der Waals surface area contributed by atoms with Gasteiger partial charge in [-0.25, -0.2) is 0 Å². The van der Waals surface area contributed by atoms with Gasteiger partial charge in [0.1, 0.15) is 0 Å². The van der Waals surface area contributed by atoms with Gasteiger partial charge in [0.25, 0.3) is 10.2 Å². The zero-order chi connectivity index (χ0) is 12.9. The molecule has 1 aromatic heterocycles. The molecule has 0 atom stereocenters. The van der Waals surface area contributed by atoms with Crippen molar-refractivity contribution in [2.75, 3.05) is 20.6 Å². The van der Waals surface area contributed by atoms with Crippen molar-refractivity contribution in [3.63, 3.8) is 0 Å². The van der Waals surface area contributed by atoms with Crippen LogP contribution >= 0.6 is 11.3 Å². The Bertz CT molecular complexity index is 523. The van der Waals surface area contributed by atoms with Gasteiger partial charge in [-0.2, -0.15) is 17.4 Å². The maximum Gasteiger partial charge on any atom is 0.279 e. The lowest BCUT2D eigenvalue weighted by Gasteiger charge is -2.11. The van der Waals surface area contributed by atoms with E-state index in [1.807, 2.05) is 12.1 Å². The van der Waals surface area contributed by atoms with Gasteiger partial charge in [0.05, 0.1) is 11.4 Å². The fourth-order valence-corrected chi connectivity index (χ4v) is 2.48. The summed E-state index contributed by atoms with van der Waals surface area (Å²) in [5, 5.41) is 0. The smallest absolute Gasteiger partial charge is 0.279 e. The summed E-state index contributed by atoms with van der Waals surface area (Å²) in [4.78, 5) is 1.80. The highest BCUT2D eigenvalue weighted by Crippen LogP contribution is 2.15. The van der Waals surface area contributed by atoms with E-state index in [4.69, 9.17) is 5.73 Å². The summed E-state index contributed by atoms with van der Waals surface area (Å²) >= 11 is 1.45. The summed E-state index contributed by atoms with van der Waals surface area (Å²) in [5.41, 5.74) is 5.27. The largest absolute Gasteiger partial charge is 0.320 e. The molecule has 7 heteroatoms. The Hall–Kier alpha value is -0.910. The van der Waals surface area contributed by atoms with Gasteiger partial charge in [-0.3, -0.25) is 0 Å². The highest BCUT2D eigenvalue weighted by molar-refractivity contribution is 7.87. The molecule has 1 rings (SSSR count). The summed E-state index contributed by atoms with van der Waals surface area (Å²) in [7, 11) is -0.408. The van der Waals surface area contributed by atoms with Crippen LogP contribution in [0.5, 0.6) is 0 Å². The van der Waals surface area contributed by atoms with Crippen molar-refractivity contribution in [3.8, 4) is 11.8 Å². The fourth-order valence-electron chi connectivity index (χ4n) is 0.970. The minimum absolute atomic E-state index is 0.273. The first-order valence-corrected chi connectivity index (χ1v) is 7.16. The molecule has 0 saturated carbocycles. The standard InChI is InChI=1S/C10H15N3O2S2/c1-13(2)17(14,15)12-8-10-6-5-9(16-10)4-3-7-11/h5-6,12H,7-8,11H2,1-2H3. The number of nitrogens with two attached hydrogens (primary N) is 1. The molecule has 0 amide bonds. The molecular formula is C10H15N3O2S2. The van der Waals surface area contributed by atoms with Crippen LogP contribution in [-0.4, -0.2) is 33.4 Å². The average molecular weight is 273 g/mol. The number of rotatable bonds is 4. The SMILES string of the molecule is CN(C)S(=O)(=O)NCc1ccc(C#CCN)s1. The first kappa shape index (κ1) is 14.2. The Kier molecular flexibility index (Phi) is 5.11. The van der Waals surface area contributed by atoms with E-state index in [1.165, 1.54) is 25.4 Å². The van der Waals surface area contributed by atoms with Gasteiger partial charge in [0.15, 0.2) is 0 Å². The molecule has 0 aliphatic rings. The predicted octanol–water partition coefficient (Wildman–Crippen LogP) is -0.0457. The topological polar surface area (TPSA) is 75.4 Å². The van der Waals surface area contributed by atoms with Gasteiger partial charge in [-0.05, 0) is 12.1 Å². The fraction of sp³-hybridized carbons (Fsp3) is 0.400. The van der Waals surface area contributed by atoms with Crippen molar-refractivity contribution in [3.05, 3.63) is 21.9 Å². The molecule has 0 bridgehead atoms. The summed E-state index contributed by atoms with van der Waals surface area (Å²) < 4.78 is 26.5. The van der Waals surface area contributed by atoms with Crippen molar-refractivity contribution in [2.24, 2.45) is 5.73 Å². The molecule has 0 aliphatic heterocycles. The van der Waals surface area contributed by atoms with Crippen LogP contribution in [0.1, 0.15) is 9.75 Å². The Morgan fingerprint density at radius 3 is 2.76 bits per heavy atom. The summed E-state index contributed by atoms with van der Waals surface area (Å²) in [6.45, 7) is 0.593. The van der Waals surface area contributed by atoms with Crippen LogP contribution in [0.25, 0.3) is 0 Å². The molecule has 0 saturated heterocycles. The molecule has 0 fully saturated rings. The Balaban J connectivity index is 2.62.